The van der Waals surface area contributed by atoms with Gasteiger partial charge >= 0.3 is 0 Å². The SMILES string of the molecule is CC(C)c1cccc(C(C)C)c1N1[B-]N(c2c(C(C)C)cccc2C(C)C)C=C1.CC(C)c1cccc(C(C)C)c1N1[B-]N(c2c(C(C)C)cccc2C(C)C)C=C1.[Ga]. The number of hydrogen-bond acceptors (Lipinski definition) is 4. The summed E-state index contributed by atoms with van der Waals surface area (Å²) < 4.78 is 0. The molecule has 4 aromatic rings. The summed E-state index contributed by atoms with van der Waals surface area (Å²) >= 11 is 0. The molecule has 0 saturated heterocycles. The van der Waals surface area contributed by atoms with Crippen LogP contribution >= 0.6 is 0 Å². The Hall–Kier alpha value is -3.67. The largest absolute Gasteiger partial charge is 0.564 e. The van der Waals surface area contributed by atoms with Gasteiger partial charge in [0.15, 0.2) is 0 Å². The average Bonchev–Trinajstić information content (AvgIpc) is 3.87. The molecule has 6 rings (SSSR count). The van der Waals surface area contributed by atoms with Gasteiger partial charge in [-0.2, -0.15) is 0 Å². The molecule has 4 aromatic carbocycles. The van der Waals surface area contributed by atoms with E-state index < -0.39 is 0 Å². The molecule has 0 aromatic heterocycles. The molecule has 0 fully saturated rings. The Morgan fingerprint density at radius 3 is 0.525 bits per heavy atom. The van der Waals surface area contributed by atoms with Crippen LogP contribution in [0.5, 0.6) is 0 Å². The van der Waals surface area contributed by atoms with Gasteiger partial charge in [-0.15, -0.1) is 0 Å². The van der Waals surface area contributed by atoms with E-state index in [0.717, 1.165) is 0 Å². The van der Waals surface area contributed by atoms with Gasteiger partial charge in [-0.25, -0.2) is 0 Å². The number of hydrogen-bond donors (Lipinski definition) is 0. The summed E-state index contributed by atoms with van der Waals surface area (Å²) in [7, 11) is 4.53. The number of benzene rings is 4. The number of nitrogens with zero attached hydrogens (tertiary/aromatic N) is 4. The summed E-state index contributed by atoms with van der Waals surface area (Å²) in [5.41, 5.74) is 16.6. The third-order valence-electron chi connectivity index (χ3n) is 11.7. The first kappa shape index (κ1) is 48.0. The van der Waals surface area contributed by atoms with Crippen LogP contribution in [0.1, 0.15) is 203 Å². The molecule has 0 atom stereocenters. The van der Waals surface area contributed by atoms with E-state index in [1.54, 1.807) is 0 Å². The van der Waals surface area contributed by atoms with Crippen molar-refractivity contribution < 1.29 is 0 Å². The maximum atomic E-state index is 2.33. The monoisotopic (exact) mass is 844 g/mol. The summed E-state index contributed by atoms with van der Waals surface area (Å²) in [6, 6.07) is 27.0. The first-order valence-corrected chi connectivity index (χ1v) is 22.1. The zero-order chi connectivity index (χ0) is 42.6. The van der Waals surface area contributed by atoms with Crippen LogP contribution in [0.2, 0.25) is 0 Å². The molecule has 0 N–H and O–H groups in total. The topological polar surface area (TPSA) is 13.0 Å². The second-order valence-corrected chi connectivity index (χ2v) is 18.8. The van der Waals surface area contributed by atoms with E-state index in [0.29, 0.717) is 47.3 Å². The number of para-hydroxylation sites is 4. The van der Waals surface area contributed by atoms with Crippen LogP contribution in [0.15, 0.2) is 97.6 Å². The van der Waals surface area contributed by atoms with E-state index in [1.807, 2.05) is 0 Å². The van der Waals surface area contributed by atoms with E-state index in [4.69, 9.17) is 0 Å². The third-order valence-corrected chi connectivity index (χ3v) is 11.7. The molecule has 0 unspecified atom stereocenters. The zero-order valence-electron chi connectivity index (χ0n) is 39.4. The molecule has 311 valence electrons. The van der Waals surface area contributed by atoms with Crippen molar-refractivity contribution in [2.45, 2.75) is 158 Å². The van der Waals surface area contributed by atoms with Crippen molar-refractivity contribution in [1.82, 2.24) is 0 Å². The molecule has 7 radical (unpaired) electrons. The normalized spacial score (nSPS) is 14.1. The van der Waals surface area contributed by atoms with Crippen LogP contribution < -0.4 is 19.2 Å². The third kappa shape index (κ3) is 10.6. The van der Waals surface area contributed by atoms with Gasteiger partial charge in [0.1, 0.15) is 0 Å². The Balaban J connectivity index is 0.000000256. The minimum Gasteiger partial charge on any atom is -0.564 e. The van der Waals surface area contributed by atoms with E-state index in [9.17, 15) is 0 Å². The van der Waals surface area contributed by atoms with Crippen molar-refractivity contribution in [1.29, 1.82) is 0 Å². The Morgan fingerprint density at radius 2 is 0.407 bits per heavy atom. The first-order chi connectivity index (χ1) is 27.4. The smallest absolute Gasteiger partial charge is 0.00413 e. The Morgan fingerprint density at radius 1 is 0.271 bits per heavy atom. The molecular formula is C52H72B2GaN4-2. The quantitative estimate of drug-likeness (QED) is 0.132. The fourth-order valence-electron chi connectivity index (χ4n) is 8.48. The Kier molecular flexibility index (Phi) is 16.9. The van der Waals surface area contributed by atoms with Crippen LogP contribution in [-0.2, 0) is 0 Å². The average molecular weight is 845 g/mol. The molecule has 4 nitrogen and oxygen atoms in total. The van der Waals surface area contributed by atoms with E-state index in [2.05, 4.69) is 243 Å². The van der Waals surface area contributed by atoms with Crippen LogP contribution in [-0.4, -0.2) is 34.9 Å². The molecule has 2 heterocycles. The standard InChI is InChI=1S/2C26H36BN2.Ga/c2*1-17(2)21-11-9-12-22(18(3)4)25(21)28-15-16-29(27-28)26-23(19(5)6)13-10-14-24(26)20(7)8;/h2*9-20H,1-8H3;/q2*-1;. The predicted molar refractivity (Wildman–Crippen MR) is 264 cm³/mol. The zero-order valence-corrected chi connectivity index (χ0v) is 41.8. The summed E-state index contributed by atoms with van der Waals surface area (Å²) in [4.78, 5) is 9.30. The second-order valence-electron chi connectivity index (χ2n) is 18.8. The van der Waals surface area contributed by atoms with Gasteiger partial charge in [0.25, 0.3) is 0 Å². The minimum atomic E-state index is 0. The second kappa shape index (κ2) is 20.7. The summed E-state index contributed by atoms with van der Waals surface area (Å²) in [6.07, 6.45) is 8.87. The summed E-state index contributed by atoms with van der Waals surface area (Å²) in [5, 5.41) is 0. The van der Waals surface area contributed by atoms with E-state index >= 15 is 0 Å². The summed E-state index contributed by atoms with van der Waals surface area (Å²) in [6.45, 7) is 36.5. The molecule has 2 aliphatic rings. The maximum Gasteiger partial charge on any atom is 0.00413 e. The molecule has 0 bridgehead atoms. The van der Waals surface area contributed by atoms with Crippen molar-refractivity contribution in [3.63, 3.8) is 0 Å². The molecule has 0 spiro atoms. The van der Waals surface area contributed by atoms with Crippen molar-refractivity contribution in [3.8, 4) is 0 Å². The first-order valence-electron chi connectivity index (χ1n) is 22.1. The molecule has 2 aliphatic heterocycles. The van der Waals surface area contributed by atoms with Gasteiger partial charge in [-0.1, -0.05) is 199 Å². The molecule has 59 heavy (non-hydrogen) atoms. The molecular weight excluding hydrogens is 772 g/mol. The molecule has 0 aliphatic carbocycles. The Bertz CT molecular complexity index is 1670. The molecule has 0 amide bonds. The van der Waals surface area contributed by atoms with Gasteiger partial charge in [0.05, 0.1) is 0 Å². The van der Waals surface area contributed by atoms with Gasteiger partial charge < -0.3 is 19.2 Å². The van der Waals surface area contributed by atoms with Gasteiger partial charge in [0.2, 0.25) is 0 Å². The maximum absolute atomic E-state index is 2.33. The van der Waals surface area contributed by atoms with Crippen LogP contribution in [0, 0.1) is 0 Å². The number of anilines is 4. The van der Waals surface area contributed by atoms with Crippen molar-refractivity contribution in [2.75, 3.05) is 19.2 Å². The summed E-state index contributed by atoms with van der Waals surface area (Å²) in [5.74, 6) is 3.84. The number of rotatable bonds is 12. The van der Waals surface area contributed by atoms with Crippen LogP contribution in [0.3, 0.4) is 0 Å². The minimum absolute atomic E-state index is 0. The van der Waals surface area contributed by atoms with Crippen molar-refractivity contribution in [2.24, 2.45) is 0 Å². The van der Waals surface area contributed by atoms with Crippen molar-refractivity contribution in [3.05, 3.63) is 142 Å². The van der Waals surface area contributed by atoms with Gasteiger partial charge in [-0.3, -0.25) is 0 Å². The Labute approximate surface area is 375 Å². The van der Waals surface area contributed by atoms with Crippen LogP contribution in [0.4, 0.5) is 22.7 Å². The fourth-order valence-corrected chi connectivity index (χ4v) is 8.48. The van der Waals surface area contributed by atoms with Crippen LogP contribution in [0.25, 0.3) is 0 Å². The molecule has 7 heteroatoms. The predicted octanol–water partition coefficient (Wildman–Crippen LogP) is 14.6. The van der Waals surface area contributed by atoms with E-state index in [1.165, 1.54) is 67.3 Å². The van der Waals surface area contributed by atoms with Crippen molar-refractivity contribution >= 4 is 57.6 Å². The van der Waals surface area contributed by atoms with Gasteiger partial charge in [-0.05, 0) is 117 Å². The molecule has 0 saturated carbocycles. The van der Waals surface area contributed by atoms with E-state index in [-0.39, 0.29) is 19.8 Å². The fraction of sp³-hybridized carbons (Fsp3) is 0.462. The van der Waals surface area contributed by atoms with Gasteiger partial charge in [0, 0.05) is 42.5 Å².